The van der Waals surface area contributed by atoms with Gasteiger partial charge in [0.25, 0.3) is 0 Å². The van der Waals surface area contributed by atoms with E-state index >= 15 is 0 Å². The molecule has 0 spiro atoms. The minimum Gasteiger partial charge on any atom is -0.301 e. The molecule has 0 aliphatic carbocycles. The molecule has 0 N–H and O–H groups in total. The van der Waals surface area contributed by atoms with Crippen molar-refractivity contribution in [1.29, 1.82) is 0 Å². The molecule has 0 radical (unpaired) electrons. The Morgan fingerprint density at radius 1 is 1.00 bits per heavy atom. The molecule has 1 nitrogen and oxygen atoms in total. The van der Waals surface area contributed by atoms with Gasteiger partial charge in [0.1, 0.15) is 0 Å². The SMILES string of the molecule is CCC(C(C)C(C)(C)C)N(CC)CC. The van der Waals surface area contributed by atoms with E-state index in [1.165, 1.54) is 19.5 Å². The van der Waals surface area contributed by atoms with Gasteiger partial charge in [-0.15, -0.1) is 0 Å². The highest BCUT2D eigenvalue weighted by atomic mass is 15.1. The van der Waals surface area contributed by atoms with Crippen molar-refractivity contribution in [3.05, 3.63) is 0 Å². The number of nitrogens with zero attached hydrogens (tertiary/aromatic N) is 1. The van der Waals surface area contributed by atoms with Crippen LogP contribution in [0.2, 0.25) is 0 Å². The third kappa shape index (κ3) is 3.61. The zero-order chi connectivity index (χ0) is 11.4. The Labute approximate surface area is 90.9 Å². The third-order valence-electron chi connectivity index (χ3n) is 3.64. The van der Waals surface area contributed by atoms with Gasteiger partial charge in [0.05, 0.1) is 0 Å². The highest BCUT2D eigenvalue weighted by Gasteiger charge is 2.29. The van der Waals surface area contributed by atoms with E-state index < -0.39 is 0 Å². The van der Waals surface area contributed by atoms with Crippen LogP contribution in [0.3, 0.4) is 0 Å². The molecule has 0 rings (SSSR count). The van der Waals surface area contributed by atoms with E-state index in [0.717, 1.165) is 12.0 Å². The predicted octanol–water partition coefficient (Wildman–Crippen LogP) is 3.79. The highest BCUT2D eigenvalue weighted by molar-refractivity contribution is 4.82. The minimum atomic E-state index is 0.420. The van der Waals surface area contributed by atoms with Crippen LogP contribution in [-0.4, -0.2) is 24.0 Å². The Balaban J connectivity index is 4.53. The van der Waals surface area contributed by atoms with Crippen LogP contribution >= 0.6 is 0 Å². The summed E-state index contributed by atoms with van der Waals surface area (Å²) < 4.78 is 0. The molecular weight excluding hydrogens is 170 g/mol. The Morgan fingerprint density at radius 2 is 1.43 bits per heavy atom. The van der Waals surface area contributed by atoms with E-state index in [-0.39, 0.29) is 0 Å². The largest absolute Gasteiger partial charge is 0.301 e. The maximum Gasteiger partial charge on any atom is 0.0123 e. The first-order valence-corrected chi connectivity index (χ1v) is 6.12. The average Bonchev–Trinajstić information content (AvgIpc) is 2.11. The first-order valence-electron chi connectivity index (χ1n) is 6.12. The first kappa shape index (κ1) is 14.0. The topological polar surface area (TPSA) is 3.24 Å². The summed E-state index contributed by atoms with van der Waals surface area (Å²) in [5.41, 5.74) is 0.420. The fraction of sp³-hybridized carbons (Fsp3) is 1.00. The minimum absolute atomic E-state index is 0.420. The molecule has 0 aromatic heterocycles. The summed E-state index contributed by atoms with van der Waals surface area (Å²) in [6.45, 7) is 18.6. The zero-order valence-electron chi connectivity index (χ0n) is 11.2. The lowest BCUT2D eigenvalue weighted by Crippen LogP contribution is -2.43. The quantitative estimate of drug-likeness (QED) is 0.651. The van der Waals surface area contributed by atoms with Gasteiger partial charge in [0.15, 0.2) is 0 Å². The van der Waals surface area contributed by atoms with Gasteiger partial charge in [0.2, 0.25) is 0 Å². The molecule has 2 unspecified atom stereocenters. The van der Waals surface area contributed by atoms with Gasteiger partial charge in [-0.2, -0.15) is 0 Å². The zero-order valence-corrected chi connectivity index (χ0v) is 11.2. The van der Waals surface area contributed by atoms with Crippen molar-refractivity contribution in [1.82, 2.24) is 4.90 Å². The van der Waals surface area contributed by atoms with Crippen LogP contribution < -0.4 is 0 Å². The van der Waals surface area contributed by atoms with Crippen LogP contribution in [-0.2, 0) is 0 Å². The van der Waals surface area contributed by atoms with Crippen LogP contribution in [0.4, 0.5) is 0 Å². The summed E-state index contributed by atoms with van der Waals surface area (Å²) in [4.78, 5) is 2.59. The third-order valence-corrected chi connectivity index (χ3v) is 3.64. The van der Waals surface area contributed by atoms with E-state index in [4.69, 9.17) is 0 Å². The molecule has 0 aromatic rings. The molecule has 0 heterocycles. The summed E-state index contributed by atoms with van der Waals surface area (Å²) in [5, 5.41) is 0. The maximum atomic E-state index is 2.59. The molecule has 2 atom stereocenters. The molecule has 14 heavy (non-hydrogen) atoms. The molecule has 86 valence electrons. The van der Waals surface area contributed by atoms with Crippen molar-refractivity contribution >= 4 is 0 Å². The summed E-state index contributed by atoms with van der Waals surface area (Å²) in [6.07, 6.45) is 1.26. The summed E-state index contributed by atoms with van der Waals surface area (Å²) >= 11 is 0. The van der Waals surface area contributed by atoms with Gasteiger partial charge in [-0.1, -0.05) is 48.5 Å². The molecule has 1 heteroatoms. The Morgan fingerprint density at radius 3 is 1.64 bits per heavy atom. The van der Waals surface area contributed by atoms with Gasteiger partial charge in [0, 0.05) is 6.04 Å². The first-order chi connectivity index (χ1) is 6.38. The van der Waals surface area contributed by atoms with E-state index in [0.29, 0.717) is 5.41 Å². The molecular formula is C13H29N. The second-order valence-electron chi connectivity index (χ2n) is 5.35. The van der Waals surface area contributed by atoms with Gasteiger partial charge in [-0.05, 0) is 30.8 Å². The second kappa shape index (κ2) is 5.75. The molecule has 0 amide bonds. The molecule has 0 saturated carbocycles. The van der Waals surface area contributed by atoms with E-state index in [2.05, 4.69) is 53.4 Å². The van der Waals surface area contributed by atoms with Crippen molar-refractivity contribution in [3.63, 3.8) is 0 Å². The lowest BCUT2D eigenvalue weighted by atomic mass is 9.76. The van der Waals surface area contributed by atoms with Crippen LogP contribution in [0, 0.1) is 11.3 Å². The van der Waals surface area contributed by atoms with Crippen molar-refractivity contribution in [3.8, 4) is 0 Å². The lowest BCUT2D eigenvalue weighted by molar-refractivity contribution is 0.0907. The fourth-order valence-corrected chi connectivity index (χ4v) is 2.20. The fourth-order valence-electron chi connectivity index (χ4n) is 2.20. The van der Waals surface area contributed by atoms with Crippen molar-refractivity contribution in [2.45, 2.75) is 60.9 Å². The normalized spacial score (nSPS) is 17.1. The van der Waals surface area contributed by atoms with Crippen molar-refractivity contribution in [2.75, 3.05) is 13.1 Å². The molecule has 0 saturated heterocycles. The molecule has 0 aliphatic heterocycles. The van der Waals surface area contributed by atoms with Gasteiger partial charge in [-0.3, -0.25) is 0 Å². The summed E-state index contributed by atoms with van der Waals surface area (Å²) in [7, 11) is 0. The van der Waals surface area contributed by atoms with Crippen LogP contribution in [0.15, 0.2) is 0 Å². The van der Waals surface area contributed by atoms with E-state index in [9.17, 15) is 0 Å². The van der Waals surface area contributed by atoms with E-state index in [1.807, 2.05) is 0 Å². The van der Waals surface area contributed by atoms with Gasteiger partial charge in [-0.25, -0.2) is 0 Å². The van der Waals surface area contributed by atoms with Crippen molar-refractivity contribution in [2.24, 2.45) is 11.3 Å². The average molecular weight is 199 g/mol. The van der Waals surface area contributed by atoms with E-state index in [1.54, 1.807) is 0 Å². The van der Waals surface area contributed by atoms with Crippen LogP contribution in [0.5, 0.6) is 0 Å². The van der Waals surface area contributed by atoms with Crippen LogP contribution in [0.1, 0.15) is 54.9 Å². The molecule has 0 aliphatic rings. The number of rotatable bonds is 5. The van der Waals surface area contributed by atoms with Gasteiger partial charge < -0.3 is 4.90 Å². The number of hydrogen-bond donors (Lipinski definition) is 0. The monoisotopic (exact) mass is 199 g/mol. The highest BCUT2D eigenvalue weighted by Crippen LogP contribution is 2.31. The van der Waals surface area contributed by atoms with Crippen molar-refractivity contribution < 1.29 is 0 Å². The van der Waals surface area contributed by atoms with Gasteiger partial charge >= 0.3 is 0 Å². The second-order valence-corrected chi connectivity index (χ2v) is 5.35. The van der Waals surface area contributed by atoms with Crippen LogP contribution in [0.25, 0.3) is 0 Å². The maximum absolute atomic E-state index is 2.59. The molecule has 0 bridgehead atoms. The lowest BCUT2D eigenvalue weighted by Gasteiger charge is -2.40. The summed E-state index contributed by atoms with van der Waals surface area (Å²) in [5.74, 6) is 0.757. The Bertz CT molecular complexity index is 142. The predicted molar refractivity (Wildman–Crippen MR) is 65.6 cm³/mol. The Hall–Kier alpha value is -0.0400. The molecule has 0 fully saturated rings. The number of hydrogen-bond acceptors (Lipinski definition) is 1. The molecule has 0 aromatic carbocycles. The summed E-state index contributed by atoms with van der Waals surface area (Å²) in [6, 6.07) is 0.741. The Kier molecular flexibility index (Phi) is 5.73. The standard InChI is InChI=1S/C13H29N/c1-8-12(14(9-2)10-3)11(4)13(5,6)7/h11-12H,8-10H2,1-7H3. The smallest absolute Gasteiger partial charge is 0.0123 e.